The Bertz CT molecular complexity index is 1620. The number of amides is 4. The zero-order valence-electron chi connectivity index (χ0n) is 24.5. The van der Waals surface area contributed by atoms with Crippen LogP contribution in [0.5, 0.6) is 5.75 Å². The molecule has 2 N–H and O–H groups in total. The van der Waals surface area contributed by atoms with Crippen LogP contribution in [0.4, 0.5) is 40.3 Å². The van der Waals surface area contributed by atoms with Gasteiger partial charge in [-0.15, -0.1) is 36.5 Å². The summed E-state index contributed by atoms with van der Waals surface area (Å²) in [6, 6.07) is 11.4. The van der Waals surface area contributed by atoms with Gasteiger partial charge >= 0.3 is 24.8 Å². The first-order valence-corrected chi connectivity index (χ1v) is 13.8. The van der Waals surface area contributed by atoms with Crippen molar-refractivity contribution in [3.05, 3.63) is 89.5 Å². The van der Waals surface area contributed by atoms with Gasteiger partial charge in [-0.2, -0.15) is 4.84 Å². The molecule has 0 radical (unpaired) electrons. The summed E-state index contributed by atoms with van der Waals surface area (Å²) in [5.74, 6) is -1.95. The minimum Gasteiger partial charge on any atom is -0.465 e. The van der Waals surface area contributed by atoms with Crippen LogP contribution < -0.4 is 10.1 Å². The Kier molecular flexibility index (Phi) is 11.1. The van der Waals surface area contributed by atoms with Crippen molar-refractivity contribution in [3.8, 4) is 5.75 Å². The average molecular weight is 690 g/mol. The summed E-state index contributed by atoms with van der Waals surface area (Å²) in [5, 5.41) is 19.2. The number of nitrogens with one attached hydrogen (secondary N) is 1. The number of rotatable bonds is 13. The Morgan fingerprint density at radius 3 is 2.40 bits per heavy atom. The van der Waals surface area contributed by atoms with E-state index in [0.717, 1.165) is 34.0 Å². The molecule has 0 aliphatic carbocycles. The third kappa shape index (κ3) is 10.3. The van der Waals surface area contributed by atoms with Crippen LogP contribution in [-0.2, 0) is 24.5 Å². The fourth-order valence-electron chi connectivity index (χ4n) is 4.40. The highest BCUT2D eigenvalue weighted by molar-refractivity contribution is 5.91. The van der Waals surface area contributed by atoms with E-state index < -0.39 is 74.6 Å². The standard InChI is InChI=1S/C28H26F7N7O6/c29-20(16-40-17-22(37-38-40)24(43)36-14-19-7-4-8-21(13-19)47-27(30,31)32)9-11-39-12-10-23(42(25(39)44)48-28(33,34)35)41(26(45)46)15-18-5-2-1-3-6-18/h1-8,10,13,17,20H,9,11-12,14-16H2,(H,36,43)(H,45,46). The van der Waals surface area contributed by atoms with Crippen LogP contribution >= 0.6 is 0 Å². The normalized spacial score (nSPS) is 14.4. The van der Waals surface area contributed by atoms with Gasteiger partial charge in [0.15, 0.2) is 5.69 Å². The summed E-state index contributed by atoms with van der Waals surface area (Å²) in [5.41, 5.74) is 0.454. The Labute approximate surface area is 266 Å². The Morgan fingerprint density at radius 2 is 1.73 bits per heavy atom. The Hall–Kier alpha value is -5.40. The zero-order valence-corrected chi connectivity index (χ0v) is 24.5. The molecule has 1 aliphatic heterocycles. The number of carbonyl (C=O) groups is 3. The number of aromatic nitrogens is 3. The third-order valence-electron chi connectivity index (χ3n) is 6.49. The Morgan fingerprint density at radius 1 is 1.02 bits per heavy atom. The SMILES string of the molecule is O=C(NCc1cccc(OC(F)(F)F)c1)c1cn(CC(F)CCN2CC=C(N(Cc3ccccc3)C(=O)O)N(OC(F)(F)F)C2=O)nn1. The number of benzene rings is 2. The first kappa shape index (κ1) is 35.5. The number of hydroxylamine groups is 2. The van der Waals surface area contributed by atoms with E-state index in [1.165, 1.54) is 24.3 Å². The maximum absolute atomic E-state index is 14.9. The van der Waals surface area contributed by atoms with Crippen molar-refractivity contribution in [2.45, 2.75) is 45.0 Å². The van der Waals surface area contributed by atoms with Gasteiger partial charge in [-0.1, -0.05) is 47.7 Å². The molecule has 2 aromatic carbocycles. The molecule has 3 aromatic rings. The molecule has 48 heavy (non-hydrogen) atoms. The molecule has 20 heteroatoms. The maximum Gasteiger partial charge on any atom is 0.573 e. The van der Waals surface area contributed by atoms with Crippen molar-refractivity contribution >= 4 is 18.0 Å². The van der Waals surface area contributed by atoms with Crippen molar-refractivity contribution in [1.82, 2.24) is 35.2 Å². The quantitative estimate of drug-likeness (QED) is 0.238. The van der Waals surface area contributed by atoms with Crippen LogP contribution in [0.3, 0.4) is 0 Å². The number of halogens is 7. The van der Waals surface area contributed by atoms with Gasteiger partial charge in [0.25, 0.3) is 5.91 Å². The molecule has 1 unspecified atom stereocenters. The number of nitrogens with zero attached hydrogens (tertiary/aromatic N) is 6. The molecule has 1 aliphatic rings. The molecule has 13 nitrogen and oxygen atoms in total. The van der Waals surface area contributed by atoms with Crippen LogP contribution in [0.2, 0.25) is 0 Å². The predicted molar refractivity (Wildman–Crippen MR) is 148 cm³/mol. The minimum absolute atomic E-state index is 0.196. The first-order chi connectivity index (χ1) is 22.6. The summed E-state index contributed by atoms with van der Waals surface area (Å²) >= 11 is 0. The van der Waals surface area contributed by atoms with E-state index in [1.807, 2.05) is 0 Å². The number of hydrogen-bond donors (Lipinski definition) is 2. The third-order valence-corrected chi connectivity index (χ3v) is 6.49. The summed E-state index contributed by atoms with van der Waals surface area (Å²) in [7, 11) is 0. The highest BCUT2D eigenvalue weighted by Gasteiger charge is 2.43. The molecular formula is C28H26F7N7O6. The van der Waals surface area contributed by atoms with Crippen molar-refractivity contribution < 1.29 is 59.8 Å². The summed E-state index contributed by atoms with van der Waals surface area (Å²) < 4.78 is 96.8. The molecule has 4 rings (SSSR count). The van der Waals surface area contributed by atoms with Gasteiger partial charge in [0, 0.05) is 19.6 Å². The second-order valence-corrected chi connectivity index (χ2v) is 10.1. The minimum atomic E-state index is -5.38. The molecule has 1 aromatic heterocycles. The highest BCUT2D eigenvalue weighted by atomic mass is 19.4. The second kappa shape index (κ2) is 15.0. The molecule has 0 spiro atoms. The lowest BCUT2D eigenvalue weighted by Gasteiger charge is -2.37. The van der Waals surface area contributed by atoms with Crippen LogP contribution in [0.1, 0.15) is 28.0 Å². The van der Waals surface area contributed by atoms with Crippen molar-refractivity contribution in [2.24, 2.45) is 0 Å². The summed E-state index contributed by atoms with van der Waals surface area (Å²) in [6.07, 6.45) is -11.9. The lowest BCUT2D eigenvalue weighted by atomic mass is 10.2. The van der Waals surface area contributed by atoms with Gasteiger partial charge in [0.1, 0.15) is 17.7 Å². The molecule has 1 atom stereocenters. The number of carboxylic acid groups (broad SMARTS) is 1. The van der Waals surface area contributed by atoms with Gasteiger partial charge < -0.3 is 20.1 Å². The molecule has 4 amide bonds. The highest BCUT2D eigenvalue weighted by Crippen LogP contribution is 2.28. The largest absolute Gasteiger partial charge is 0.573 e. The van der Waals surface area contributed by atoms with Crippen molar-refractivity contribution in [3.63, 3.8) is 0 Å². The Balaban J connectivity index is 1.34. The fraction of sp³-hybridized carbons (Fsp3) is 0.321. The molecule has 0 fully saturated rings. The summed E-state index contributed by atoms with van der Waals surface area (Å²) in [4.78, 5) is 42.6. The van der Waals surface area contributed by atoms with Crippen molar-refractivity contribution in [1.29, 1.82) is 0 Å². The number of hydrogen-bond acceptors (Lipinski definition) is 7. The van der Waals surface area contributed by atoms with E-state index in [0.29, 0.717) is 10.5 Å². The second-order valence-electron chi connectivity index (χ2n) is 10.1. The topological polar surface area (TPSA) is 142 Å². The van der Waals surface area contributed by atoms with E-state index in [1.54, 1.807) is 18.2 Å². The number of alkyl halides is 7. The fourth-order valence-corrected chi connectivity index (χ4v) is 4.40. The molecule has 0 bridgehead atoms. The van der Waals surface area contributed by atoms with Crippen LogP contribution in [-0.4, -0.2) is 85.0 Å². The molecule has 258 valence electrons. The number of carbonyl (C=O) groups excluding carboxylic acids is 2. The van der Waals surface area contributed by atoms with E-state index in [-0.39, 0.29) is 29.4 Å². The van der Waals surface area contributed by atoms with Gasteiger partial charge in [0.2, 0.25) is 0 Å². The smallest absolute Gasteiger partial charge is 0.465 e. The number of ether oxygens (including phenoxy) is 1. The van der Waals surface area contributed by atoms with Gasteiger partial charge in [0.05, 0.1) is 19.3 Å². The van der Waals surface area contributed by atoms with Crippen LogP contribution in [0.25, 0.3) is 0 Å². The van der Waals surface area contributed by atoms with Gasteiger partial charge in [-0.25, -0.2) is 18.7 Å². The molecular weight excluding hydrogens is 663 g/mol. The maximum atomic E-state index is 14.9. The van der Waals surface area contributed by atoms with E-state index >= 15 is 0 Å². The van der Waals surface area contributed by atoms with Crippen molar-refractivity contribution in [2.75, 3.05) is 13.1 Å². The van der Waals surface area contributed by atoms with E-state index in [9.17, 15) is 50.2 Å². The van der Waals surface area contributed by atoms with Crippen LogP contribution in [0, 0.1) is 0 Å². The molecule has 0 saturated carbocycles. The first-order valence-electron chi connectivity index (χ1n) is 13.8. The van der Waals surface area contributed by atoms with E-state index in [4.69, 9.17) is 0 Å². The zero-order chi connectivity index (χ0) is 35.1. The monoisotopic (exact) mass is 689 g/mol. The number of urea groups is 1. The van der Waals surface area contributed by atoms with E-state index in [2.05, 4.69) is 25.2 Å². The predicted octanol–water partition coefficient (Wildman–Crippen LogP) is 5.05. The van der Waals surface area contributed by atoms with Crippen LogP contribution in [0.15, 0.2) is 72.7 Å². The molecule has 0 saturated heterocycles. The van der Waals surface area contributed by atoms with Gasteiger partial charge in [-0.3, -0.25) is 9.69 Å². The average Bonchev–Trinajstić information content (AvgIpc) is 3.47. The molecule has 2 heterocycles. The summed E-state index contributed by atoms with van der Waals surface area (Å²) in [6.45, 7) is -1.84. The lowest BCUT2D eigenvalue weighted by molar-refractivity contribution is -0.395. The lowest BCUT2D eigenvalue weighted by Crippen LogP contribution is -2.53. The van der Waals surface area contributed by atoms with Gasteiger partial charge in [-0.05, 0) is 35.8 Å².